The number of aliphatic hydroxyl groups is 1. The number of benzene rings is 2. The summed E-state index contributed by atoms with van der Waals surface area (Å²) in [5.41, 5.74) is 5.86. The predicted molar refractivity (Wildman–Crippen MR) is 147 cm³/mol. The van der Waals surface area contributed by atoms with E-state index >= 15 is 0 Å². The van der Waals surface area contributed by atoms with Gasteiger partial charge in [-0.1, -0.05) is 67.9 Å². The molecule has 1 atom stereocenters. The number of hydrogen-bond acceptors (Lipinski definition) is 6. The van der Waals surface area contributed by atoms with E-state index in [1.54, 1.807) is 0 Å². The maximum absolute atomic E-state index is 10.4. The van der Waals surface area contributed by atoms with Gasteiger partial charge in [0.05, 0.1) is 12.7 Å². The predicted octanol–water partition coefficient (Wildman–Crippen LogP) is 4.65. The third-order valence-electron chi connectivity index (χ3n) is 6.95. The lowest BCUT2D eigenvalue weighted by Crippen LogP contribution is -2.49. The normalized spacial score (nSPS) is 15.3. The first kappa shape index (κ1) is 26.3. The van der Waals surface area contributed by atoms with Gasteiger partial charge in [-0.2, -0.15) is 0 Å². The van der Waals surface area contributed by atoms with E-state index in [1.807, 2.05) is 18.2 Å². The number of aryl methyl sites for hydroxylation is 2. The van der Waals surface area contributed by atoms with E-state index in [2.05, 4.69) is 67.0 Å². The zero-order valence-corrected chi connectivity index (χ0v) is 22.0. The van der Waals surface area contributed by atoms with Crippen molar-refractivity contribution in [2.75, 3.05) is 50.8 Å². The van der Waals surface area contributed by atoms with Crippen LogP contribution in [0.5, 0.6) is 0 Å². The van der Waals surface area contributed by atoms with Gasteiger partial charge in [0.2, 0.25) is 0 Å². The van der Waals surface area contributed by atoms with Gasteiger partial charge in [-0.15, -0.1) is 0 Å². The van der Waals surface area contributed by atoms with E-state index in [-0.39, 0.29) is 0 Å². The highest BCUT2D eigenvalue weighted by atomic mass is 16.5. The van der Waals surface area contributed by atoms with Gasteiger partial charge < -0.3 is 14.7 Å². The van der Waals surface area contributed by atoms with Crippen molar-refractivity contribution in [2.45, 2.75) is 46.1 Å². The first-order chi connectivity index (χ1) is 17.5. The standard InChI is InChI=1S/C30H40N4O2/c1-4-5-19-36-22-27(35)21-33-15-17-34(18-16-33)30-28(20-26-14-10-9-11-23(26)2)24(3)31-29(32-30)25-12-7-6-8-13-25/h6-14,27,35H,4-5,15-22H2,1-3H3. The molecule has 192 valence electrons. The second-order valence-electron chi connectivity index (χ2n) is 9.77. The van der Waals surface area contributed by atoms with Crippen LogP contribution in [0.1, 0.15) is 42.1 Å². The fourth-order valence-electron chi connectivity index (χ4n) is 4.72. The van der Waals surface area contributed by atoms with Crippen LogP contribution in [0.4, 0.5) is 5.82 Å². The number of aliphatic hydroxyl groups excluding tert-OH is 1. The number of anilines is 1. The van der Waals surface area contributed by atoms with Gasteiger partial charge in [0.15, 0.2) is 5.82 Å². The van der Waals surface area contributed by atoms with E-state index in [4.69, 9.17) is 14.7 Å². The lowest BCUT2D eigenvalue weighted by molar-refractivity contribution is 0.0150. The largest absolute Gasteiger partial charge is 0.389 e. The number of unbranched alkanes of at least 4 members (excludes halogenated alkanes) is 1. The van der Waals surface area contributed by atoms with Crippen molar-refractivity contribution in [1.29, 1.82) is 0 Å². The third-order valence-corrected chi connectivity index (χ3v) is 6.95. The van der Waals surface area contributed by atoms with Crippen molar-refractivity contribution in [2.24, 2.45) is 0 Å². The molecule has 1 aliphatic rings. The lowest BCUT2D eigenvalue weighted by atomic mass is 9.99. The smallest absolute Gasteiger partial charge is 0.161 e. The Bertz CT molecular complexity index is 1100. The zero-order valence-electron chi connectivity index (χ0n) is 22.0. The average Bonchev–Trinajstić information content (AvgIpc) is 2.90. The van der Waals surface area contributed by atoms with Crippen molar-refractivity contribution >= 4 is 5.82 Å². The quantitative estimate of drug-likeness (QED) is 0.397. The second-order valence-corrected chi connectivity index (χ2v) is 9.77. The van der Waals surface area contributed by atoms with Crippen molar-refractivity contribution in [1.82, 2.24) is 14.9 Å². The summed E-state index contributed by atoms with van der Waals surface area (Å²) in [6.45, 7) is 11.7. The Balaban J connectivity index is 1.51. The van der Waals surface area contributed by atoms with Crippen LogP contribution in [-0.4, -0.2) is 72.0 Å². The summed E-state index contributed by atoms with van der Waals surface area (Å²) in [4.78, 5) is 14.8. The van der Waals surface area contributed by atoms with Crippen LogP contribution in [0.25, 0.3) is 11.4 Å². The molecule has 2 heterocycles. The molecule has 4 rings (SSSR count). The number of hydrogen-bond donors (Lipinski definition) is 1. The second kappa shape index (κ2) is 12.9. The molecule has 6 nitrogen and oxygen atoms in total. The highest BCUT2D eigenvalue weighted by Crippen LogP contribution is 2.29. The van der Waals surface area contributed by atoms with Gasteiger partial charge >= 0.3 is 0 Å². The van der Waals surface area contributed by atoms with Crippen molar-refractivity contribution < 1.29 is 9.84 Å². The molecule has 36 heavy (non-hydrogen) atoms. The first-order valence-electron chi connectivity index (χ1n) is 13.3. The van der Waals surface area contributed by atoms with Crippen LogP contribution in [0, 0.1) is 13.8 Å². The van der Waals surface area contributed by atoms with Crippen molar-refractivity contribution in [3.05, 3.63) is 77.0 Å². The molecule has 0 spiro atoms. The SMILES string of the molecule is CCCCOCC(O)CN1CCN(c2nc(-c3ccccc3)nc(C)c2Cc2ccccc2C)CC1. The number of β-amino-alcohol motifs (C(OH)–C–C–N with tert-alkyl or cyclic N) is 1. The minimum absolute atomic E-state index is 0.409. The van der Waals surface area contributed by atoms with Gasteiger partial charge in [-0.25, -0.2) is 9.97 Å². The molecule has 0 bridgehead atoms. The van der Waals surface area contributed by atoms with E-state index in [1.165, 1.54) is 16.7 Å². The number of ether oxygens (including phenoxy) is 1. The molecule has 6 heteroatoms. The van der Waals surface area contributed by atoms with Gasteiger partial charge in [0.25, 0.3) is 0 Å². The van der Waals surface area contributed by atoms with E-state index < -0.39 is 6.10 Å². The molecule has 0 aliphatic carbocycles. The van der Waals surface area contributed by atoms with Gasteiger partial charge in [0, 0.05) is 62.6 Å². The number of rotatable bonds is 11. The van der Waals surface area contributed by atoms with Crippen LogP contribution < -0.4 is 4.90 Å². The number of piperazine rings is 1. The Morgan fingerprint density at radius 2 is 1.67 bits per heavy atom. The molecule has 1 fully saturated rings. The summed E-state index contributed by atoms with van der Waals surface area (Å²) < 4.78 is 5.61. The first-order valence-corrected chi connectivity index (χ1v) is 13.3. The summed E-state index contributed by atoms with van der Waals surface area (Å²) >= 11 is 0. The summed E-state index contributed by atoms with van der Waals surface area (Å²) in [7, 11) is 0. The maximum atomic E-state index is 10.4. The summed E-state index contributed by atoms with van der Waals surface area (Å²) in [5, 5.41) is 10.4. The zero-order chi connectivity index (χ0) is 25.3. The van der Waals surface area contributed by atoms with Crippen LogP contribution >= 0.6 is 0 Å². The maximum Gasteiger partial charge on any atom is 0.161 e. The summed E-state index contributed by atoms with van der Waals surface area (Å²) in [6, 6.07) is 18.8. The minimum atomic E-state index is -0.448. The van der Waals surface area contributed by atoms with Crippen LogP contribution in [-0.2, 0) is 11.2 Å². The van der Waals surface area contributed by atoms with Crippen molar-refractivity contribution in [3.8, 4) is 11.4 Å². The van der Waals surface area contributed by atoms with Crippen molar-refractivity contribution in [3.63, 3.8) is 0 Å². The van der Waals surface area contributed by atoms with Crippen LogP contribution in [0.3, 0.4) is 0 Å². The number of aromatic nitrogens is 2. The fourth-order valence-corrected chi connectivity index (χ4v) is 4.72. The lowest BCUT2D eigenvalue weighted by Gasteiger charge is -2.37. The van der Waals surface area contributed by atoms with Gasteiger partial charge in [-0.05, 0) is 31.4 Å². The number of nitrogens with zero attached hydrogens (tertiary/aromatic N) is 4. The molecule has 1 unspecified atom stereocenters. The van der Waals surface area contributed by atoms with E-state index in [0.29, 0.717) is 13.2 Å². The molecule has 1 aliphatic heterocycles. The Labute approximate surface area is 216 Å². The molecule has 0 amide bonds. The molecule has 2 aromatic carbocycles. The molecule has 1 N–H and O–H groups in total. The molecular weight excluding hydrogens is 448 g/mol. The highest BCUT2D eigenvalue weighted by molar-refractivity contribution is 5.61. The summed E-state index contributed by atoms with van der Waals surface area (Å²) in [6.07, 6.45) is 2.52. The minimum Gasteiger partial charge on any atom is -0.389 e. The highest BCUT2D eigenvalue weighted by Gasteiger charge is 2.24. The van der Waals surface area contributed by atoms with Gasteiger partial charge in [0.1, 0.15) is 5.82 Å². The fraction of sp³-hybridized carbons (Fsp3) is 0.467. The Morgan fingerprint density at radius 3 is 2.39 bits per heavy atom. The van der Waals surface area contributed by atoms with Crippen LogP contribution in [0.2, 0.25) is 0 Å². The Morgan fingerprint density at radius 1 is 0.944 bits per heavy atom. The molecule has 3 aromatic rings. The average molecular weight is 489 g/mol. The summed E-state index contributed by atoms with van der Waals surface area (Å²) in [5.74, 6) is 1.81. The third kappa shape index (κ3) is 6.90. The topological polar surface area (TPSA) is 61.7 Å². The van der Waals surface area contributed by atoms with Gasteiger partial charge in [-0.3, -0.25) is 4.90 Å². The molecule has 1 aromatic heterocycles. The van der Waals surface area contributed by atoms with Crippen LogP contribution in [0.15, 0.2) is 54.6 Å². The van der Waals surface area contributed by atoms with E-state index in [0.717, 1.165) is 74.9 Å². The molecule has 1 saturated heterocycles. The Kier molecular flexibility index (Phi) is 9.45. The van der Waals surface area contributed by atoms with E-state index in [9.17, 15) is 5.11 Å². The molecule has 0 radical (unpaired) electrons. The molecular formula is C30H40N4O2. The Hall–Kier alpha value is -2.80. The monoisotopic (exact) mass is 488 g/mol. The molecule has 0 saturated carbocycles.